The standard InChI is InChI=1S/C12H16N4O2S2/c1-8-5-14-10(20-8)3-4-13-11(17)16-12-15-9(6-18-2)7-19-12/h5,7H,3-4,6H2,1-2H3,(H2,13,15,16,17). The van der Waals surface area contributed by atoms with Crippen LogP contribution in [0.3, 0.4) is 0 Å². The number of methoxy groups -OCH3 is 1. The molecular formula is C12H16N4O2S2. The monoisotopic (exact) mass is 312 g/mol. The summed E-state index contributed by atoms with van der Waals surface area (Å²) in [6.45, 7) is 3.01. The highest BCUT2D eigenvalue weighted by molar-refractivity contribution is 7.14. The van der Waals surface area contributed by atoms with E-state index in [1.807, 2.05) is 18.5 Å². The first-order valence-electron chi connectivity index (χ1n) is 6.07. The number of amides is 2. The van der Waals surface area contributed by atoms with Gasteiger partial charge in [0.1, 0.15) is 0 Å². The summed E-state index contributed by atoms with van der Waals surface area (Å²) in [5, 5.41) is 8.93. The number of ether oxygens (including phenoxy) is 1. The Labute approximate surface area is 125 Å². The van der Waals surface area contributed by atoms with Crippen molar-refractivity contribution in [1.82, 2.24) is 15.3 Å². The van der Waals surface area contributed by atoms with E-state index in [-0.39, 0.29) is 6.03 Å². The van der Waals surface area contributed by atoms with E-state index >= 15 is 0 Å². The number of carbonyl (C=O) groups excluding carboxylic acids is 1. The number of rotatable bonds is 6. The molecule has 0 unspecified atom stereocenters. The van der Waals surface area contributed by atoms with Gasteiger partial charge in [-0.15, -0.1) is 22.7 Å². The lowest BCUT2D eigenvalue weighted by molar-refractivity contribution is 0.182. The Morgan fingerprint density at radius 1 is 1.50 bits per heavy atom. The smallest absolute Gasteiger partial charge is 0.321 e. The van der Waals surface area contributed by atoms with Crippen molar-refractivity contribution >= 4 is 33.8 Å². The molecule has 2 rings (SSSR count). The maximum atomic E-state index is 11.7. The summed E-state index contributed by atoms with van der Waals surface area (Å²) in [5.74, 6) is 0. The van der Waals surface area contributed by atoms with E-state index in [0.717, 1.165) is 17.1 Å². The quantitative estimate of drug-likeness (QED) is 0.859. The van der Waals surface area contributed by atoms with Crippen LogP contribution in [-0.2, 0) is 17.8 Å². The second kappa shape index (κ2) is 7.32. The molecule has 0 aromatic carbocycles. The first-order chi connectivity index (χ1) is 9.67. The van der Waals surface area contributed by atoms with Crippen LogP contribution in [0.15, 0.2) is 11.6 Å². The van der Waals surface area contributed by atoms with E-state index in [0.29, 0.717) is 18.3 Å². The molecule has 8 heteroatoms. The third-order valence-electron chi connectivity index (χ3n) is 2.36. The van der Waals surface area contributed by atoms with E-state index in [1.165, 1.54) is 16.2 Å². The molecule has 0 spiro atoms. The van der Waals surface area contributed by atoms with Crippen LogP contribution in [0.25, 0.3) is 0 Å². The van der Waals surface area contributed by atoms with Crippen molar-refractivity contribution in [1.29, 1.82) is 0 Å². The van der Waals surface area contributed by atoms with Crippen LogP contribution in [0.1, 0.15) is 15.6 Å². The molecule has 0 saturated carbocycles. The Morgan fingerprint density at radius 2 is 2.35 bits per heavy atom. The van der Waals surface area contributed by atoms with Gasteiger partial charge in [0.15, 0.2) is 5.13 Å². The minimum Gasteiger partial charge on any atom is -0.378 e. The fourth-order valence-corrected chi connectivity index (χ4v) is 3.00. The van der Waals surface area contributed by atoms with Gasteiger partial charge in [-0.2, -0.15) is 0 Å². The van der Waals surface area contributed by atoms with E-state index in [2.05, 4.69) is 20.6 Å². The van der Waals surface area contributed by atoms with Crippen LogP contribution < -0.4 is 10.6 Å². The van der Waals surface area contributed by atoms with E-state index in [9.17, 15) is 4.79 Å². The number of urea groups is 1. The fraction of sp³-hybridized carbons (Fsp3) is 0.417. The average molecular weight is 312 g/mol. The molecule has 0 aliphatic heterocycles. The minimum absolute atomic E-state index is 0.253. The van der Waals surface area contributed by atoms with Crippen molar-refractivity contribution in [2.75, 3.05) is 19.0 Å². The van der Waals surface area contributed by atoms with Gasteiger partial charge < -0.3 is 10.1 Å². The predicted molar refractivity (Wildman–Crippen MR) is 80.4 cm³/mol. The maximum Gasteiger partial charge on any atom is 0.321 e. The van der Waals surface area contributed by atoms with Gasteiger partial charge in [0.25, 0.3) is 0 Å². The van der Waals surface area contributed by atoms with Crippen LogP contribution in [0.2, 0.25) is 0 Å². The van der Waals surface area contributed by atoms with Crippen LogP contribution in [-0.4, -0.2) is 29.7 Å². The molecular weight excluding hydrogens is 296 g/mol. The number of nitrogens with zero attached hydrogens (tertiary/aromatic N) is 2. The molecule has 0 aliphatic rings. The molecule has 20 heavy (non-hydrogen) atoms. The third-order valence-corrected chi connectivity index (χ3v) is 4.14. The summed E-state index contributed by atoms with van der Waals surface area (Å²) in [4.78, 5) is 21.3. The van der Waals surface area contributed by atoms with Gasteiger partial charge in [-0.05, 0) is 6.92 Å². The fourth-order valence-electron chi connectivity index (χ4n) is 1.52. The van der Waals surface area contributed by atoms with Gasteiger partial charge in [0, 0.05) is 36.5 Å². The van der Waals surface area contributed by atoms with Crippen LogP contribution in [0.4, 0.5) is 9.93 Å². The highest BCUT2D eigenvalue weighted by Gasteiger charge is 2.06. The molecule has 0 atom stereocenters. The van der Waals surface area contributed by atoms with Crippen molar-refractivity contribution in [2.45, 2.75) is 20.0 Å². The molecule has 2 heterocycles. The highest BCUT2D eigenvalue weighted by atomic mass is 32.1. The van der Waals surface area contributed by atoms with Crippen molar-refractivity contribution < 1.29 is 9.53 Å². The number of carbonyl (C=O) groups is 1. The molecule has 0 aliphatic carbocycles. The summed E-state index contributed by atoms with van der Waals surface area (Å²) in [6, 6.07) is -0.253. The number of hydrogen-bond donors (Lipinski definition) is 2. The number of thiazole rings is 2. The zero-order valence-corrected chi connectivity index (χ0v) is 12.9. The van der Waals surface area contributed by atoms with E-state index in [4.69, 9.17) is 4.74 Å². The van der Waals surface area contributed by atoms with Gasteiger partial charge >= 0.3 is 6.03 Å². The minimum atomic E-state index is -0.253. The van der Waals surface area contributed by atoms with Gasteiger partial charge in [-0.25, -0.2) is 14.8 Å². The number of anilines is 1. The molecule has 108 valence electrons. The van der Waals surface area contributed by atoms with Crippen LogP contribution >= 0.6 is 22.7 Å². The van der Waals surface area contributed by atoms with Gasteiger partial charge in [-0.3, -0.25) is 5.32 Å². The molecule has 2 aromatic rings. The summed E-state index contributed by atoms with van der Waals surface area (Å²) in [6.07, 6.45) is 2.58. The van der Waals surface area contributed by atoms with Gasteiger partial charge in [-0.1, -0.05) is 0 Å². The second-order valence-corrected chi connectivity index (χ2v) is 6.25. The largest absolute Gasteiger partial charge is 0.378 e. The highest BCUT2D eigenvalue weighted by Crippen LogP contribution is 2.15. The Hall–Kier alpha value is -1.51. The van der Waals surface area contributed by atoms with Crippen molar-refractivity contribution in [3.8, 4) is 0 Å². The molecule has 0 fully saturated rings. The first kappa shape index (κ1) is 14.9. The maximum absolute atomic E-state index is 11.7. The SMILES string of the molecule is COCc1csc(NC(=O)NCCc2ncc(C)s2)n1. The lowest BCUT2D eigenvalue weighted by Crippen LogP contribution is -2.30. The predicted octanol–water partition coefficient (Wildman–Crippen LogP) is 2.42. The zero-order chi connectivity index (χ0) is 14.4. The Balaban J connectivity index is 1.71. The molecule has 2 aromatic heterocycles. The molecule has 2 amide bonds. The summed E-state index contributed by atoms with van der Waals surface area (Å²) in [5.41, 5.74) is 0.811. The normalized spacial score (nSPS) is 10.5. The van der Waals surface area contributed by atoms with Gasteiger partial charge in [0.05, 0.1) is 17.3 Å². The Morgan fingerprint density at radius 3 is 3.05 bits per heavy atom. The number of nitrogens with one attached hydrogen (secondary N) is 2. The number of hydrogen-bond acceptors (Lipinski definition) is 6. The molecule has 0 saturated heterocycles. The first-order valence-corrected chi connectivity index (χ1v) is 7.76. The second-order valence-electron chi connectivity index (χ2n) is 4.07. The molecule has 0 bridgehead atoms. The Bertz CT molecular complexity index is 567. The van der Waals surface area contributed by atoms with E-state index in [1.54, 1.807) is 18.4 Å². The zero-order valence-electron chi connectivity index (χ0n) is 11.3. The average Bonchev–Trinajstić information content (AvgIpc) is 3.00. The lowest BCUT2D eigenvalue weighted by atomic mass is 10.4. The third kappa shape index (κ3) is 4.55. The molecule has 2 N–H and O–H groups in total. The van der Waals surface area contributed by atoms with Crippen molar-refractivity contribution in [2.24, 2.45) is 0 Å². The summed E-state index contributed by atoms with van der Waals surface area (Å²) >= 11 is 3.02. The topological polar surface area (TPSA) is 76.1 Å². The summed E-state index contributed by atoms with van der Waals surface area (Å²) < 4.78 is 4.97. The van der Waals surface area contributed by atoms with Crippen LogP contribution in [0.5, 0.6) is 0 Å². The lowest BCUT2D eigenvalue weighted by Gasteiger charge is -2.03. The summed E-state index contributed by atoms with van der Waals surface area (Å²) in [7, 11) is 1.61. The Kier molecular flexibility index (Phi) is 5.45. The van der Waals surface area contributed by atoms with Crippen LogP contribution in [0, 0.1) is 6.92 Å². The van der Waals surface area contributed by atoms with Crippen molar-refractivity contribution in [3.05, 3.63) is 27.2 Å². The van der Waals surface area contributed by atoms with Crippen molar-refractivity contribution in [3.63, 3.8) is 0 Å². The number of aromatic nitrogens is 2. The van der Waals surface area contributed by atoms with E-state index < -0.39 is 0 Å². The molecule has 0 radical (unpaired) electrons. The van der Waals surface area contributed by atoms with Gasteiger partial charge in [0.2, 0.25) is 0 Å². The number of aryl methyl sites for hydroxylation is 1. The molecule has 6 nitrogen and oxygen atoms in total.